The first-order valence-electron chi connectivity index (χ1n) is 7.68. The van der Waals surface area contributed by atoms with E-state index in [1.165, 1.54) is 25.7 Å². The second-order valence-electron chi connectivity index (χ2n) is 6.13. The van der Waals surface area contributed by atoms with Gasteiger partial charge in [-0.15, -0.1) is 0 Å². The van der Waals surface area contributed by atoms with Crippen molar-refractivity contribution in [1.29, 1.82) is 0 Å². The number of likely N-dealkylation sites (tertiary alicyclic amines) is 2. The van der Waals surface area contributed by atoms with E-state index in [4.69, 9.17) is 0 Å². The van der Waals surface area contributed by atoms with Crippen molar-refractivity contribution in [3.63, 3.8) is 0 Å². The summed E-state index contributed by atoms with van der Waals surface area (Å²) in [5.41, 5.74) is 0. The van der Waals surface area contributed by atoms with Crippen molar-refractivity contribution in [2.45, 2.75) is 45.4 Å². The summed E-state index contributed by atoms with van der Waals surface area (Å²) in [6.45, 7) is 6.45. The van der Waals surface area contributed by atoms with E-state index in [0.717, 1.165) is 44.9 Å². The quantitative estimate of drug-likeness (QED) is 0.770. The molecule has 18 heavy (non-hydrogen) atoms. The maximum atomic E-state index is 12.4. The highest BCUT2D eigenvalue weighted by Gasteiger charge is 2.29. The lowest BCUT2D eigenvalue weighted by Gasteiger charge is -2.36. The maximum absolute atomic E-state index is 12.4. The summed E-state index contributed by atoms with van der Waals surface area (Å²) in [7, 11) is 2.15. The van der Waals surface area contributed by atoms with Crippen LogP contribution in [-0.2, 0) is 4.79 Å². The van der Waals surface area contributed by atoms with Crippen molar-refractivity contribution < 1.29 is 4.79 Å². The third-order valence-corrected chi connectivity index (χ3v) is 4.69. The number of piperidine rings is 2. The molecule has 0 unspecified atom stereocenters. The normalized spacial score (nSPS) is 24.4. The molecule has 1 amide bonds. The van der Waals surface area contributed by atoms with Gasteiger partial charge >= 0.3 is 0 Å². The molecule has 0 spiro atoms. The van der Waals surface area contributed by atoms with Crippen LogP contribution < -0.4 is 0 Å². The summed E-state index contributed by atoms with van der Waals surface area (Å²) >= 11 is 0. The Hall–Kier alpha value is -0.570. The fraction of sp³-hybridized carbons (Fsp3) is 0.933. The van der Waals surface area contributed by atoms with Gasteiger partial charge in [0.1, 0.15) is 0 Å². The number of nitrogens with zero attached hydrogens (tertiary/aromatic N) is 2. The monoisotopic (exact) mass is 252 g/mol. The molecule has 3 heteroatoms. The minimum absolute atomic E-state index is 0.309. The van der Waals surface area contributed by atoms with Gasteiger partial charge in [0.05, 0.1) is 0 Å². The van der Waals surface area contributed by atoms with E-state index in [9.17, 15) is 4.79 Å². The smallest absolute Gasteiger partial charge is 0.225 e. The number of hydrogen-bond acceptors (Lipinski definition) is 2. The molecule has 2 aliphatic heterocycles. The second-order valence-corrected chi connectivity index (χ2v) is 6.13. The molecule has 3 nitrogen and oxygen atoms in total. The molecule has 2 fully saturated rings. The van der Waals surface area contributed by atoms with Gasteiger partial charge in [-0.1, -0.05) is 19.8 Å². The molecule has 0 radical (unpaired) electrons. The van der Waals surface area contributed by atoms with E-state index in [-0.39, 0.29) is 0 Å². The predicted octanol–water partition coefficient (Wildman–Crippen LogP) is 2.37. The zero-order valence-electron chi connectivity index (χ0n) is 12.0. The fourth-order valence-corrected chi connectivity index (χ4v) is 3.36. The molecule has 0 aromatic carbocycles. The van der Waals surface area contributed by atoms with Crippen LogP contribution in [0, 0.1) is 11.8 Å². The molecule has 2 aliphatic rings. The van der Waals surface area contributed by atoms with Crippen LogP contribution >= 0.6 is 0 Å². The number of rotatable bonds is 3. The fourth-order valence-electron chi connectivity index (χ4n) is 3.36. The van der Waals surface area contributed by atoms with E-state index in [1.807, 2.05) is 0 Å². The Morgan fingerprint density at radius 2 is 1.67 bits per heavy atom. The number of carbonyl (C=O) groups excluding carboxylic acids is 1. The topological polar surface area (TPSA) is 23.6 Å². The lowest BCUT2D eigenvalue weighted by molar-refractivity contribution is -0.138. The van der Waals surface area contributed by atoms with Gasteiger partial charge in [0.25, 0.3) is 0 Å². The van der Waals surface area contributed by atoms with Crippen LogP contribution in [0.3, 0.4) is 0 Å². The molecule has 2 heterocycles. The minimum atomic E-state index is 0.309. The molecule has 2 saturated heterocycles. The van der Waals surface area contributed by atoms with E-state index >= 15 is 0 Å². The Kier molecular flexibility index (Phi) is 5.04. The molecule has 0 bridgehead atoms. The predicted molar refractivity (Wildman–Crippen MR) is 74.4 cm³/mol. The summed E-state index contributed by atoms with van der Waals surface area (Å²) < 4.78 is 0. The standard InChI is InChI=1S/C15H28N2O/c1-3-4-13-5-11-17(12-6-13)15(18)14-7-9-16(2)10-8-14/h13-14H,3-12H2,1-2H3. The van der Waals surface area contributed by atoms with Crippen molar-refractivity contribution >= 4 is 5.91 Å². The van der Waals surface area contributed by atoms with E-state index in [2.05, 4.69) is 23.8 Å². The Morgan fingerprint density at radius 3 is 2.22 bits per heavy atom. The van der Waals surface area contributed by atoms with Gasteiger partial charge in [-0.05, 0) is 51.7 Å². The highest BCUT2D eigenvalue weighted by atomic mass is 16.2. The van der Waals surface area contributed by atoms with Crippen LogP contribution in [0.4, 0.5) is 0 Å². The van der Waals surface area contributed by atoms with Crippen LogP contribution in [0.25, 0.3) is 0 Å². The third-order valence-electron chi connectivity index (χ3n) is 4.69. The Labute approximate surface area is 112 Å². The highest BCUT2D eigenvalue weighted by Crippen LogP contribution is 2.25. The van der Waals surface area contributed by atoms with Gasteiger partial charge in [-0.3, -0.25) is 4.79 Å². The number of hydrogen-bond donors (Lipinski definition) is 0. The Bertz CT molecular complexity index is 264. The van der Waals surface area contributed by atoms with E-state index in [0.29, 0.717) is 11.8 Å². The molecule has 0 saturated carbocycles. The largest absolute Gasteiger partial charge is 0.342 e. The van der Waals surface area contributed by atoms with Crippen molar-refractivity contribution in [3.8, 4) is 0 Å². The molecule has 0 N–H and O–H groups in total. The van der Waals surface area contributed by atoms with Crippen LogP contribution in [0.2, 0.25) is 0 Å². The maximum Gasteiger partial charge on any atom is 0.225 e. The Morgan fingerprint density at radius 1 is 1.06 bits per heavy atom. The van der Waals surface area contributed by atoms with Crippen molar-refractivity contribution in [2.24, 2.45) is 11.8 Å². The molecule has 0 aromatic heterocycles. The molecular weight excluding hydrogens is 224 g/mol. The summed E-state index contributed by atoms with van der Waals surface area (Å²) in [5.74, 6) is 1.62. The first-order chi connectivity index (χ1) is 8.70. The third kappa shape index (κ3) is 3.47. The van der Waals surface area contributed by atoms with Crippen LogP contribution in [0.1, 0.15) is 45.4 Å². The molecule has 0 aliphatic carbocycles. The lowest BCUT2D eigenvalue weighted by atomic mass is 9.90. The van der Waals surface area contributed by atoms with Gasteiger partial charge in [0.15, 0.2) is 0 Å². The zero-order valence-corrected chi connectivity index (χ0v) is 12.0. The number of amides is 1. The van der Waals surface area contributed by atoms with Gasteiger partial charge in [-0.25, -0.2) is 0 Å². The zero-order chi connectivity index (χ0) is 13.0. The van der Waals surface area contributed by atoms with Gasteiger partial charge in [0, 0.05) is 19.0 Å². The van der Waals surface area contributed by atoms with Gasteiger partial charge < -0.3 is 9.80 Å². The van der Waals surface area contributed by atoms with E-state index in [1.54, 1.807) is 0 Å². The second kappa shape index (κ2) is 6.55. The van der Waals surface area contributed by atoms with Crippen molar-refractivity contribution in [1.82, 2.24) is 9.80 Å². The van der Waals surface area contributed by atoms with Crippen LogP contribution in [0.5, 0.6) is 0 Å². The first-order valence-corrected chi connectivity index (χ1v) is 7.68. The van der Waals surface area contributed by atoms with Gasteiger partial charge in [-0.2, -0.15) is 0 Å². The average Bonchev–Trinajstić information content (AvgIpc) is 2.40. The number of carbonyl (C=O) groups is 1. The summed E-state index contributed by atoms with van der Waals surface area (Å²) in [6.07, 6.45) is 7.21. The molecule has 0 atom stereocenters. The SMILES string of the molecule is CCCC1CCN(C(=O)C2CCN(C)CC2)CC1. The lowest BCUT2D eigenvalue weighted by Crippen LogP contribution is -2.44. The molecule has 2 rings (SSSR count). The van der Waals surface area contributed by atoms with E-state index < -0.39 is 0 Å². The molecule has 0 aromatic rings. The van der Waals surface area contributed by atoms with Crippen molar-refractivity contribution in [2.75, 3.05) is 33.2 Å². The van der Waals surface area contributed by atoms with Crippen molar-refractivity contribution in [3.05, 3.63) is 0 Å². The molecule has 104 valence electrons. The van der Waals surface area contributed by atoms with Crippen LogP contribution in [-0.4, -0.2) is 48.9 Å². The van der Waals surface area contributed by atoms with Gasteiger partial charge in [0.2, 0.25) is 5.91 Å². The highest BCUT2D eigenvalue weighted by molar-refractivity contribution is 5.79. The summed E-state index contributed by atoms with van der Waals surface area (Å²) in [6, 6.07) is 0. The summed E-state index contributed by atoms with van der Waals surface area (Å²) in [5, 5.41) is 0. The van der Waals surface area contributed by atoms with Crippen LogP contribution in [0.15, 0.2) is 0 Å². The first kappa shape index (κ1) is 13.9. The molecular formula is C15H28N2O. The summed E-state index contributed by atoms with van der Waals surface area (Å²) in [4.78, 5) is 16.9. The minimum Gasteiger partial charge on any atom is -0.342 e. The Balaban J connectivity index is 1.77. The average molecular weight is 252 g/mol.